The second-order valence-electron chi connectivity index (χ2n) is 6.13. The number of hydrogen-bond acceptors (Lipinski definition) is 8. The van der Waals surface area contributed by atoms with Crippen molar-refractivity contribution in [2.24, 2.45) is 0 Å². The molecule has 0 spiro atoms. The molecule has 0 nitrogen and oxygen atoms in total. The first kappa shape index (κ1) is 21.0. The Morgan fingerprint density at radius 2 is 1.04 bits per heavy atom. The van der Waals surface area contributed by atoms with Crippen LogP contribution in [0.3, 0.4) is 0 Å². The quantitative estimate of drug-likeness (QED) is 0.353. The lowest BCUT2D eigenvalue weighted by Crippen LogP contribution is -1.88. The van der Waals surface area contributed by atoms with E-state index in [1.807, 2.05) is 47.0 Å². The normalized spacial score (nSPS) is 22.6. The maximum atomic E-state index is 2.31. The number of rotatable bonds is 6. The SMILES string of the molecule is CCCCC(CCCC)=C1SC2=C(S1)SC(=C1SC3=C(SCCS3)S1)S2. The number of unbranched alkanes of at least 4 members (excludes halogenated alkanes) is 2. The molecule has 4 aliphatic heterocycles. The highest BCUT2D eigenvalue weighted by Gasteiger charge is 2.35. The Labute approximate surface area is 191 Å². The molecule has 0 bridgehead atoms. The fraction of sp³-hybridized carbons (Fsp3) is 0.556. The molecular weight excluding hydrogens is 473 g/mol. The van der Waals surface area contributed by atoms with Gasteiger partial charge in [0.2, 0.25) is 0 Å². The molecule has 0 saturated carbocycles. The van der Waals surface area contributed by atoms with Crippen LogP contribution in [-0.2, 0) is 0 Å². The Hall–Kier alpha value is 1.76. The van der Waals surface area contributed by atoms with E-state index in [-0.39, 0.29) is 0 Å². The van der Waals surface area contributed by atoms with E-state index in [1.165, 1.54) is 58.5 Å². The predicted octanol–water partition coefficient (Wildman–Crippen LogP) is 9.88. The summed E-state index contributed by atoms with van der Waals surface area (Å²) < 4.78 is 10.9. The van der Waals surface area contributed by atoms with Crippen LogP contribution in [0.15, 0.2) is 35.2 Å². The predicted molar refractivity (Wildman–Crippen MR) is 138 cm³/mol. The largest absolute Gasteiger partial charge is 0.116 e. The molecule has 0 aromatic heterocycles. The van der Waals surface area contributed by atoms with Crippen LogP contribution in [0.1, 0.15) is 52.4 Å². The van der Waals surface area contributed by atoms with E-state index in [1.54, 1.807) is 26.8 Å². The highest BCUT2D eigenvalue weighted by molar-refractivity contribution is 8.49. The third-order valence-corrected chi connectivity index (χ3v) is 16.2. The van der Waals surface area contributed by atoms with Gasteiger partial charge in [0.25, 0.3) is 0 Å². The van der Waals surface area contributed by atoms with Gasteiger partial charge in [-0.25, -0.2) is 0 Å². The van der Waals surface area contributed by atoms with Gasteiger partial charge in [0.1, 0.15) is 0 Å². The maximum absolute atomic E-state index is 2.31. The van der Waals surface area contributed by atoms with E-state index in [2.05, 4.69) is 60.9 Å². The van der Waals surface area contributed by atoms with E-state index < -0.39 is 0 Å². The zero-order chi connectivity index (χ0) is 17.9. The summed E-state index contributed by atoms with van der Waals surface area (Å²) in [5, 5.41) is 0. The molecule has 4 aliphatic rings. The van der Waals surface area contributed by atoms with Gasteiger partial charge >= 0.3 is 0 Å². The van der Waals surface area contributed by atoms with E-state index in [0.29, 0.717) is 0 Å². The second kappa shape index (κ2) is 10.2. The summed E-state index contributed by atoms with van der Waals surface area (Å²) in [7, 11) is 0. The second-order valence-corrected chi connectivity index (χ2v) is 16.3. The van der Waals surface area contributed by atoms with Gasteiger partial charge in [-0.15, -0.1) is 23.5 Å². The van der Waals surface area contributed by atoms with Crippen LogP contribution in [0, 0.1) is 0 Å². The molecule has 0 unspecified atom stereocenters. The average Bonchev–Trinajstić information content (AvgIpc) is 3.33. The van der Waals surface area contributed by atoms with Crippen molar-refractivity contribution in [1.29, 1.82) is 0 Å². The van der Waals surface area contributed by atoms with E-state index in [4.69, 9.17) is 0 Å². The number of hydrogen-bond donors (Lipinski definition) is 0. The lowest BCUT2D eigenvalue weighted by atomic mass is 10.0. The molecule has 0 saturated heterocycles. The minimum absolute atomic E-state index is 1.27. The Morgan fingerprint density at radius 1 is 0.615 bits per heavy atom. The van der Waals surface area contributed by atoms with Crippen LogP contribution in [0.5, 0.6) is 0 Å². The topological polar surface area (TPSA) is 0 Å². The van der Waals surface area contributed by atoms with Gasteiger partial charge in [-0.2, -0.15) is 0 Å². The van der Waals surface area contributed by atoms with Crippen molar-refractivity contribution in [3.63, 3.8) is 0 Å². The van der Waals surface area contributed by atoms with Crippen molar-refractivity contribution in [1.82, 2.24) is 0 Å². The van der Waals surface area contributed by atoms with Crippen molar-refractivity contribution in [3.05, 3.63) is 35.2 Å². The molecule has 142 valence electrons. The molecule has 26 heavy (non-hydrogen) atoms. The molecule has 0 aromatic rings. The average molecular weight is 495 g/mol. The molecule has 4 rings (SSSR count). The van der Waals surface area contributed by atoms with Gasteiger partial charge in [0, 0.05) is 11.5 Å². The van der Waals surface area contributed by atoms with Gasteiger partial charge in [0.05, 0.1) is 29.7 Å². The van der Waals surface area contributed by atoms with Crippen molar-refractivity contribution in [2.75, 3.05) is 11.5 Å². The van der Waals surface area contributed by atoms with Crippen molar-refractivity contribution in [2.45, 2.75) is 52.4 Å². The van der Waals surface area contributed by atoms with Crippen LogP contribution in [0.2, 0.25) is 0 Å². The fourth-order valence-electron chi connectivity index (χ4n) is 2.73. The van der Waals surface area contributed by atoms with Gasteiger partial charge in [-0.1, -0.05) is 97.3 Å². The third-order valence-electron chi connectivity index (χ3n) is 4.11. The van der Waals surface area contributed by atoms with Crippen LogP contribution in [0.4, 0.5) is 0 Å². The summed E-state index contributed by atoms with van der Waals surface area (Å²) in [6.07, 6.45) is 7.87. The lowest BCUT2D eigenvalue weighted by molar-refractivity contribution is 0.713. The Balaban J connectivity index is 1.41. The molecule has 4 heterocycles. The minimum atomic E-state index is 1.27. The monoisotopic (exact) mass is 494 g/mol. The molecule has 0 amide bonds. The van der Waals surface area contributed by atoms with E-state index >= 15 is 0 Å². The van der Waals surface area contributed by atoms with Crippen molar-refractivity contribution < 1.29 is 0 Å². The summed E-state index contributed by atoms with van der Waals surface area (Å²) in [4.78, 5) is 0. The Bertz CT molecular complexity index is 624. The number of allylic oxidation sites excluding steroid dienone is 1. The Morgan fingerprint density at radius 3 is 1.50 bits per heavy atom. The molecule has 0 atom stereocenters. The minimum Gasteiger partial charge on any atom is -0.116 e. The summed E-state index contributed by atoms with van der Waals surface area (Å²) in [6.45, 7) is 4.61. The summed E-state index contributed by atoms with van der Waals surface area (Å²) >= 11 is 16.4. The smallest absolute Gasteiger partial charge is 0.0718 e. The number of thioether (sulfide) groups is 8. The van der Waals surface area contributed by atoms with E-state index in [9.17, 15) is 0 Å². The van der Waals surface area contributed by atoms with Gasteiger partial charge in [-0.05, 0) is 31.3 Å². The van der Waals surface area contributed by atoms with E-state index in [0.717, 1.165) is 0 Å². The molecule has 8 heteroatoms. The molecule has 0 N–H and O–H groups in total. The fourth-order valence-corrected chi connectivity index (χ4v) is 15.5. The van der Waals surface area contributed by atoms with Crippen LogP contribution >= 0.6 is 94.1 Å². The molecular formula is C18H22S8. The standard InChI is InChI=1S/C18H22S8/c1-3-5-7-11(8-6-4-2)12-21-15-16(22-12)26-18(25-15)17-23-13-14(24-17)20-10-9-19-13/h3-10H2,1-2H3. The zero-order valence-electron chi connectivity index (χ0n) is 14.9. The summed E-state index contributed by atoms with van der Waals surface area (Å²) in [5.41, 5.74) is 1.73. The van der Waals surface area contributed by atoms with Crippen LogP contribution in [-0.4, -0.2) is 11.5 Å². The first-order valence-corrected chi connectivity index (χ1v) is 15.9. The van der Waals surface area contributed by atoms with Crippen LogP contribution < -0.4 is 0 Å². The van der Waals surface area contributed by atoms with Gasteiger partial charge in [0.15, 0.2) is 0 Å². The zero-order valence-corrected chi connectivity index (χ0v) is 21.5. The van der Waals surface area contributed by atoms with Gasteiger partial charge in [-0.3, -0.25) is 0 Å². The lowest BCUT2D eigenvalue weighted by Gasteiger charge is -2.12. The molecule has 0 fully saturated rings. The Kier molecular flexibility index (Phi) is 8.23. The van der Waals surface area contributed by atoms with Gasteiger partial charge < -0.3 is 0 Å². The van der Waals surface area contributed by atoms with Crippen molar-refractivity contribution >= 4 is 94.1 Å². The third kappa shape index (κ3) is 4.90. The maximum Gasteiger partial charge on any atom is 0.0718 e. The summed E-state index contributed by atoms with van der Waals surface area (Å²) in [6, 6.07) is 0. The molecule has 0 radical (unpaired) electrons. The van der Waals surface area contributed by atoms with Crippen LogP contribution in [0.25, 0.3) is 0 Å². The molecule has 0 aromatic carbocycles. The summed E-state index contributed by atoms with van der Waals surface area (Å²) in [5.74, 6) is 2.54. The van der Waals surface area contributed by atoms with Crippen molar-refractivity contribution in [3.8, 4) is 0 Å². The first-order chi connectivity index (χ1) is 12.8. The highest BCUT2D eigenvalue weighted by atomic mass is 32.3. The highest BCUT2D eigenvalue weighted by Crippen LogP contribution is 2.71. The molecule has 0 aliphatic carbocycles. The first-order valence-electron chi connectivity index (χ1n) is 9.06.